The Bertz CT molecular complexity index is 706. The number of nitrogens with one attached hydrogen (secondary N) is 2. The average Bonchev–Trinajstić information content (AvgIpc) is 3.02. The van der Waals surface area contributed by atoms with E-state index >= 15 is 0 Å². The molecule has 2 rings (SSSR count). The van der Waals surface area contributed by atoms with Crippen LogP contribution in [-0.2, 0) is 27.2 Å². The summed E-state index contributed by atoms with van der Waals surface area (Å²) in [7, 11) is 1.69. The number of aromatic nitrogens is 3. The molecule has 9 nitrogen and oxygen atoms in total. The first-order chi connectivity index (χ1) is 11.6. The molecule has 1 heterocycles. The van der Waals surface area contributed by atoms with Crippen LogP contribution in [0.5, 0.6) is 0 Å². The van der Waals surface area contributed by atoms with Gasteiger partial charge in [-0.25, -0.2) is 0 Å². The molecule has 0 bridgehead atoms. The summed E-state index contributed by atoms with van der Waals surface area (Å²) in [5.74, 6) is -0.784. The molecule has 1 aromatic carbocycles. The van der Waals surface area contributed by atoms with E-state index in [4.69, 9.17) is 5.31 Å². The molecule has 1 amide bonds. The fourth-order valence-electron chi connectivity index (χ4n) is 2.02. The van der Waals surface area contributed by atoms with Crippen LogP contribution in [0.15, 0.2) is 36.5 Å². The van der Waals surface area contributed by atoms with Gasteiger partial charge in [0.15, 0.2) is 0 Å². The topological polar surface area (TPSA) is 119 Å². The van der Waals surface area contributed by atoms with E-state index in [1.807, 2.05) is 30.3 Å². The molecule has 0 aliphatic rings. The molecule has 124 valence electrons. The number of methoxy groups -OCH3 is 1. The molecule has 0 aliphatic heterocycles. The Morgan fingerprint density at radius 1 is 1.38 bits per heavy atom. The van der Waals surface area contributed by atoms with Crippen LogP contribution in [0.4, 0.5) is 4.79 Å². The van der Waals surface area contributed by atoms with Gasteiger partial charge in [-0.2, -0.15) is 0 Å². The number of nitrogens with zero attached hydrogens (tertiary/aromatic N) is 3. The Labute approximate surface area is 138 Å². The molecule has 10 heteroatoms. The minimum atomic E-state index is -1.03. The molecule has 0 radical (unpaired) electrons. The molecular weight excluding hydrogens is 313 g/mol. The van der Waals surface area contributed by atoms with E-state index in [0.717, 1.165) is 5.56 Å². The van der Waals surface area contributed by atoms with Crippen molar-refractivity contribution in [1.82, 2.24) is 20.3 Å². The molecule has 0 saturated carbocycles. The van der Waals surface area contributed by atoms with E-state index < -0.39 is 18.1 Å². The number of ether oxygens (including phenoxy) is 1. The minimum absolute atomic E-state index is 0.0660. The van der Waals surface area contributed by atoms with Gasteiger partial charge >= 0.3 is 138 Å². The van der Waals surface area contributed by atoms with Gasteiger partial charge in [-0.3, -0.25) is 0 Å². The number of benzene rings is 1. The van der Waals surface area contributed by atoms with Gasteiger partial charge in [0.2, 0.25) is 0 Å². The van der Waals surface area contributed by atoms with E-state index in [1.165, 1.54) is 7.11 Å². The third-order valence-electron chi connectivity index (χ3n) is 3.12. The van der Waals surface area contributed by atoms with Crippen molar-refractivity contribution in [1.29, 1.82) is 5.31 Å². The maximum absolute atomic E-state index is 11.8. The molecule has 0 unspecified atom stereocenters. The Hall–Kier alpha value is -3.04. The number of carbonyl (C=O) groups is 2. The van der Waals surface area contributed by atoms with Gasteiger partial charge < -0.3 is 0 Å². The van der Waals surface area contributed by atoms with E-state index in [-0.39, 0.29) is 6.42 Å². The monoisotopic (exact) mass is 329 g/mol. The van der Waals surface area contributed by atoms with E-state index in [9.17, 15) is 9.59 Å². The molecule has 0 saturated heterocycles. The SMILES string of the molecule is COC(=O)N[C@@H](Cc1cn(Cc2ccccc2)nn1)C(=O)OB=N. The van der Waals surface area contributed by atoms with Crippen LogP contribution in [0.25, 0.3) is 0 Å². The first-order valence-electron chi connectivity index (χ1n) is 7.09. The second-order valence-electron chi connectivity index (χ2n) is 4.84. The Balaban J connectivity index is 2.04. The predicted molar refractivity (Wildman–Crippen MR) is 83.2 cm³/mol. The summed E-state index contributed by atoms with van der Waals surface area (Å²) in [6.07, 6.45) is 0.964. The van der Waals surface area contributed by atoms with Gasteiger partial charge in [-0.1, -0.05) is 0 Å². The third kappa shape index (κ3) is 5.01. The van der Waals surface area contributed by atoms with E-state index in [1.54, 1.807) is 10.9 Å². The van der Waals surface area contributed by atoms with Crippen LogP contribution in [-0.4, -0.2) is 47.5 Å². The van der Waals surface area contributed by atoms with Gasteiger partial charge in [0.25, 0.3) is 0 Å². The van der Waals surface area contributed by atoms with Crippen LogP contribution >= 0.6 is 0 Å². The Morgan fingerprint density at radius 3 is 2.79 bits per heavy atom. The standard InChI is InChI=1S/C14H16BN5O4/c1-23-14(22)17-12(13(21)24-15-16)7-11-9-20(19-18-11)8-10-5-3-2-4-6-10/h2-6,9,12,16H,7-8H2,1H3,(H,17,22)/t12-/m0/s1. The van der Waals surface area contributed by atoms with Crippen LogP contribution in [0.1, 0.15) is 11.3 Å². The number of rotatable bonds is 7. The van der Waals surface area contributed by atoms with Crippen LogP contribution in [0, 0.1) is 5.31 Å². The van der Waals surface area contributed by atoms with Crippen molar-refractivity contribution < 1.29 is 19.0 Å². The molecular formula is C14H16BN5O4. The first kappa shape index (κ1) is 17.3. The van der Waals surface area contributed by atoms with Crippen molar-refractivity contribution in [2.24, 2.45) is 0 Å². The summed E-state index contributed by atoms with van der Waals surface area (Å²) >= 11 is 0. The quantitative estimate of drug-likeness (QED) is 0.715. The first-order valence-corrected chi connectivity index (χ1v) is 7.09. The van der Waals surface area contributed by atoms with E-state index in [2.05, 4.69) is 25.0 Å². The zero-order chi connectivity index (χ0) is 17.4. The summed E-state index contributed by atoms with van der Waals surface area (Å²) in [6.45, 7) is 0.536. The second kappa shape index (κ2) is 8.56. The molecule has 0 fully saturated rings. The molecule has 0 spiro atoms. The molecule has 1 atom stereocenters. The van der Waals surface area contributed by atoms with Crippen molar-refractivity contribution in [3.8, 4) is 0 Å². The molecule has 2 N–H and O–H groups in total. The maximum atomic E-state index is 11.8. The summed E-state index contributed by atoms with van der Waals surface area (Å²) in [5, 5.41) is 17.1. The Morgan fingerprint density at radius 2 is 2.12 bits per heavy atom. The van der Waals surface area contributed by atoms with Gasteiger partial charge in [0.05, 0.1) is 0 Å². The summed E-state index contributed by atoms with van der Waals surface area (Å²) in [5.41, 5.74) is 1.55. The molecule has 24 heavy (non-hydrogen) atoms. The zero-order valence-electron chi connectivity index (χ0n) is 13.0. The average molecular weight is 329 g/mol. The number of carbonyl (C=O) groups excluding carboxylic acids is 2. The van der Waals surface area contributed by atoms with Crippen molar-refractivity contribution in [2.75, 3.05) is 7.11 Å². The molecule has 2 aromatic rings. The van der Waals surface area contributed by atoms with Crippen LogP contribution < -0.4 is 5.32 Å². The van der Waals surface area contributed by atoms with Crippen molar-refractivity contribution in [3.05, 3.63) is 47.8 Å². The van der Waals surface area contributed by atoms with Gasteiger partial charge in [0.1, 0.15) is 0 Å². The number of amides is 1. The predicted octanol–water partition coefficient (Wildman–Crippen LogP) is 0.518. The molecule has 0 aliphatic carbocycles. The zero-order valence-corrected chi connectivity index (χ0v) is 13.0. The second-order valence-corrected chi connectivity index (χ2v) is 4.84. The van der Waals surface area contributed by atoms with Crippen molar-refractivity contribution in [2.45, 2.75) is 19.0 Å². The number of alkyl carbamates (subject to hydrolysis) is 1. The fraction of sp³-hybridized carbons (Fsp3) is 0.286. The molecule has 1 aromatic heterocycles. The number of hydrogen-bond donors (Lipinski definition) is 2. The Kier molecular flexibility index (Phi) is 6.18. The van der Waals surface area contributed by atoms with Gasteiger partial charge in [-0.15, -0.1) is 0 Å². The number of hydrogen-bond acceptors (Lipinski definition) is 7. The van der Waals surface area contributed by atoms with Crippen LogP contribution in [0.3, 0.4) is 0 Å². The van der Waals surface area contributed by atoms with Crippen molar-refractivity contribution in [3.63, 3.8) is 0 Å². The van der Waals surface area contributed by atoms with E-state index in [0.29, 0.717) is 19.5 Å². The van der Waals surface area contributed by atoms with Crippen molar-refractivity contribution >= 4 is 19.3 Å². The summed E-state index contributed by atoms with van der Waals surface area (Å²) < 4.78 is 10.6. The van der Waals surface area contributed by atoms with Crippen LogP contribution in [0.2, 0.25) is 0 Å². The normalized spacial score (nSPS) is 11.2. The summed E-state index contributed by atoms with van der Waals surface area (Å²) in [4.78, 5) is 23.1. The van der Waals surface area contributed by atoms with Gasteiger partial charge in [0, 0.05) is 0 Å². The summed E-state index contributed by atoms with van der Waals surface area (Å²) in [6, 6.07) is 8.68. The van der Waals surface area contributed by atoms with Gasteiger partial charge in [-0.05, 0) is 0 Å². The fourth-order valence-corrected chi connectivity index (χ4v) is 2.02. The third-order valence-corrected chi connectivity index (χ3v) is 3.12.